The zero-order valence-corrected chi connectivity index (χ0v) is 13.5. The summed E-state index contributed by atoms with van der Waals surface area (Å²) in [6.45, 7) is 12.4. The molecule has 0 unspecified atom stereocenters. The molecule has 0 radical (unpaired) electrons. The average molecular weight is 279 g/mol. The van der Waals surface area contributed by atoms with Gasteiger partial charge in [0.2, 0.25) is 0 Å². The Morgan fingerprint density at radius 3 is 1.95 bits per heavy atom. The second-order valence-corrected chi connectivity index (χ2v) is 7.27. The molecule has 0 fully saturated rings. The molecular weight excluding hydrogens is 254 g/mol. The van der Waals surface area contributed by atoms with Gasteiger partial charge >= 0.3 is 5.97 Å². The van der Waals surface area contributed by atoms with Crippen molar-refractivity contribution in [2.24, 2.45) is 10.8 Å². The number of allylic oxidation sites excluding steroid dienone is 1. The second-order valence-electron chi connectivity index (χ2n) is 7.27. The maximum atomic E-state index is 12.4. The molecular formula is C16H25NO3. The van der Waals surface area contributed by atoms with Crippen molar-refractivity contribution in [2.45, 2.75) is 60.5 Å². The molecule has 0 heterocycles. The van der Waals surface area contributed by atoms with Crippen molar-refractivity contribution in [3.8, 4) is 6.07 Å². The molecule has 0 aliphatic heterocycles. The topological polar surface area (TPSA) is 67.2 Å². The van der Waals surface area contributed by atoms with Crippen molar-refractivity contribution in [3.05, 3.63) is 12.2 Å². The quantitative estimate of drug-likeness (QED) is 0.584. The Bertz CT molecular complexity index is 444. The van der Waals surface area contributed by atoms with Gasteiger partial charge in [-0.05, 0) is 51.7 Å². The van der Waals surface area contributed by atoms with Gasteiger partial charge in [0, 0.05) is 0 Å². The number of esters is 1. The van der Waals surface area contributed by atoms with Crippen LogP contribution in [0, 0.1) is 22.2 Å². The third kappa shape index (κ3) is 6.51. The van der Waals surface area contributed by atoms with Crippen molar-refractivity contribution in [1.29, 1.82) is 5.26 Å². The highest BCUT2D eigenvalue weighted by molar-refractivity contribution is 5.90. The lowest BCUT2D eigenvalue weighted by Crippen LogP contribution is -2.38. The molecule has 0 bridgehead atoms. The Labute approximate surface area is 121 Å². The van der Waals surface area contributed by atoms with Crippen LogP contribution in [-0.2, 0) is 14.3 Å². The van der Waals surface area contributed by atoms with E-state index in [2.05, 4.69) is 0 Å². The minimum Gasteiger partial charge on any atom is -0.459 e. The molecule has 0 aliphatic carbocycles. The van der Waals surface area contributed by atoms with Crippen LogP contribution in [0.4, 0.5) is 0 Å². The molecule has 0 aromatic heterocycles. The third-order valence-electron chi connectivity index (χ3n) is 2.37. The standard InChI is InChI=1S/C16H25NO3/c1-12(18)8-9-16(11-17,10-14(2,3)4)13(19)20-15(5,6)7/h8-9H,10H2,1-7H3/b9-8+/t16-/m1/s1. The first kappa shape index (κ1) is 18.4. The summed E-state index contributed by atoms with van der Waals surface area (Å²) in [5.74, 6) is -0.818. The number of nitrogens with zero attached hydrogens (tertiary/aromatic N) is 1. The average Bonchev–Trinajstić information content (AvgIpc) is 2.19. The number of hydrogen-bond donors (Lipinski definition) is 0. The molecule has 20 heavy (non-hydrogen) atoms. The summed E-state index contributed by atoms with van der Waals surface area (Å²) >= 11 is 0. The Kier molecular flexibility index (Phi) is 5.71. The van der Waals surface area contributed by atoms with Crippen LogP contribution in [0.15, 0.2) is 12.2 Å². The van der Waals surface area contributed by atoms with Crippen LogP contribution in [0.3, 0.4) is 0 Å². The number of rotatable bonds is 4. The minimum atomic E-state index is -1.43. The van der Waals surface area contributed by atoms with E-state index in [-0.39, 0.29) is 17.6 Å². The van der Waals surface area contributed by atoms with Crippen molar-refractivity contribution < 1.29 is 14.3 Å². The summed E-state index contributed by atoms with van der Waals surface area (Å²) in [7, 11) is 0. The summed E-state index contributed by atoms with van der Waals surface area (Å²) in [5, 5.41) is 9.51. The number of ketones is 1. The molecule has 0 aromatic rings. The lowest BCUT2D eigenvalue weighted by molar-refractivity contribution is -0.163. The van der Waals surface area contributed by atoms with Gasteiger partial charge in [0.25, 0.3) is 0 Å². The Hall–Kier alpha value is -1.63. The van der Waals surface area contributed by atoms with Gasteiger partial charge in [-0.2, -0.15) is 5.26 Å². The van der Waals surface area contributed by atoms with Crippen LogP contribution in [-0.4, -0.2) is 17.4 Å². The molecule has 112 valence electrons. The number of carbonyl (C=O) groups excluding carboxylic acids is 2. The predicted octanol–water partition coefficient (Wildman–Crippen LogP) is 3.42. The molecule has 0 rings (SSSR count). The largest absolute Gasteiger partial charge is 0.459 e. The third-order valence-corrected chi connectivity index (χ3v) is 2.37. The SMILES string of the molecule is CC(=O)/C=C/[C@](C#N)(CC(C)(C)C)C(=O)OC(C)(C)C. The number of carbonyl (C=O) groups is 2. The van der Waals surface area contributed by atoms with Crippen LogP contribution in [0.1, 0.15) is 54.9 Å². The van der Waals surface area contributed by atoms with Crippen LogP contribution >= 0.6 is 0 Å². The van der Waals surface area contributed by atoms with E-state index in [0.717, 1.165) is 0 Å². The molecule has 0 aliphatic rings. The van der Waals surface area contributed by atoms with E-state index in [9.17, 15) is 14.9 Å². The van der Waals surface area contributed by atoms with Gasteiger partial charge in [0.05, 0.1) is 6.07 Å². The van der Waals surface area contributed by atoms with Crippen molar-refractivity contribution >= 4 is 11.8 Å². The van der Waals surface area contributed by atoms with Crippen LogP contribution < -0.4 is 0 Å². The van der Waals surface area contributed by atoms with E-state index < -0.39 is 17.0 Å². The minimum absolute atomic E-state index is 0.206. The molecule has 0 N–H and O–H groups in total. The molecule has 0 spiro atoms. The monoisotopic (exact) mass is 279 g/mol. The van der Waals surface area contributed by atoms with Crippen molar-refractivity contribution in [2.75, 3.05) is 0 Å². The van der Waals surface area contributed by atoms with E-state index >= 15 is 0 Å². The zero-order valence-electron chi connectivity index (χ0n) is 13.5. The van der Waals surface area contributed by atoms with Gasteiger partial charge in [-0.15, -0.1) is 0 Å². The first-order valence-corrected chi connectivity index (χ1v) is 6.66. The number of nitriles is 1. The van der Waals surface area contributed by atoms with Crippen LogP contribution in [0.5, 0.6) is 0 Å². The van der Waals surface area contributed by atoms with Gasteiger partial charge in [-0.25, -0.2) is 4.79 Å². The first-order chi connectivity index (χ1) is 8.81. The van der Waals surface area contributed by atoms with Gasteiger partial charge < -0.3 is 4.74 Å². The van der Waals surface area contributed by atoms with Crippen LogP contribution in [0.25, 0.3) is 0 Å². The summed E-state index contributed by atoms with van der Waals surface area (Å²) in [4.78, 5) is 23.5. The highest BCUT2D eigenvalue weighted by Crippen LogP contribution is 2.37. The first-order valence-electron chi connectivity index (χ1n) is 6.66. The molecule has 4 heteroatoms. The maximum absolute atomic E-state index is 12.4. The van der Waals surface area contributed by atoms with Crippen molar-refractivity contribution in [1.82, 2.24) is 0 Å². The molecule has 0 saturated heterocycles. The van der Waals surface area contributed by atoms with Gasteiger partial charge in [-0.3, -0.25) is 4.79 Å². The summed E-state index contributed by atoms with van der Waals surface area (Å²) in [6.07, 6.45) is 2.92. The summed E-state index contributed by atoms with van der Waals surface area (Å²) in [5.41, 5.74) is -2.37. The fraction of sp³-hybridized carbons (Fsp3) is 0.688. The number of hydrogen-bond acceptors (Lipinski definition) is 4. The maximum Gasteiger partial charge on any atom is 0.331 e. The summed E-state index contributed by atoms with van der Waals surface area (Å²) in [6, 6.07) is 2.04. The molecule has 4 nitrogen and oxygen atoms in total. The normalized spacial score (nSPS) is 15.5. The van der Waals surface area contributed by atoms with Crippen LogP contribution in [0.2, 0.25) is 0 Å². The van der Waals surface area contributed by atoms with E-state index in [1.807, 2.05) is 26.8 Å². The lowest BCUT2D eigenvalue weighted by atomic mass is 9.74. The molecule has 0 aromatic carbocycles. The highest BCUT2D eigenvalue weighted by Gasteiger charge is 2.43. The van der Waals surface area contributed by atoms with Gasteiger partial charge in [-0.1, -0.05) is 20.8 Å². The molecule has 0 saturated carbocycles. The van der Waals surface area contributed by atoms with E-state index in [1.54, 1.807) is 20.8 Å². The van der Waals surface area contributed by atoms with Gasteiger partial charge in [0.1, 0.15) is 5.60 Å². The van der Waals surface area contributed by atoms with E-state index in [4.69, 9.17) is 4.74 Å². The Morgan fingerprint density at radius 2 is 1.65 bits per heavy atom. The van der Waals surface area contributed by atoms with E-state index in [0.29, 0.717) is 0 Å². The Balaban J connectivity index is 5.60. The number of ether oxygens (including phenoxy) is 1. The second kappa shape index (κ2) is 6.21. The van der Waals surface area contributed by atoms with E-state index in [1.165, 1.54) is 19.1 Å². The zero-order chi connectivity index (χ0) is 16.2. The molecule has 1 atom stereocenters. The fourth-order valence-electron chi connectivity index (χ4n) is 1.79. The Morgan fingerprint density at radius 1 is 1.15 bits per heavy atom. The molecule has 0 amide bonds. The summed E-state index contributed by atoms with van der Waals surface area (Å²) < 4.78 is 5.35. The predicted molar refractivity (Wildman–Crippen MR) is 77.8 cm³/mol. The lowest BCUT2D eigenvalue weighted by Gasteiger charge is -2.31. The fourth-order valence-corrected chi connectivity index (χ4v) is 1.79. The van der Waals surface area contributed by atoms with Gasteiger partial charge in [0.15, 0.2) is 11.2 Å². The van der Waals surface area contributed by atoms with Crippen molar-refractivity contribution in [3.63, 3.8) is 0 Å². The smallest absolute Gasteiger partial charge is 0.331 e. The highest BCUT2D eigenvalue weighted by atomic mass is 16.6.